The van der Waals surface area contributed by atoms with Gasteiger partial charge in [0.05, 0.1) is 0 Å². The van der Waals surface area contributed by atoms with E-state index >= 15 is 0 Å². The Bertz CT molecular complexity index is 949. The van der Waals surface area contributed by atoms with E-state index in [0.29, 0.717) is 10.0 Å². The van der Waals surface area contributed by atoms with Crippen molar-refractivity contribution < 1.29 is 0 Å². The van der Waals surface area contributed by atoms with Crippen LogP contribution >= 0.6 is 34.5 Å². The molecule has 1 aromatic heterocycles. The summed E-state index contributed by atoms with van der Waals surface area (Å²) in [6.07, 6.45) is 0. The van der Waals surface area contributed by atoms with E-state index in [4.69, 9.17) is 23.2 Å². The lowest BCUT2D eigenvalue weighted by Gasteiger charge is -2.05. The van der Waals surface area contributed by atoms with Crippen LogP contribution in [0, 0.1) is 0 Å². The molecule has 102 valence electrons. The van der Waals surface area contributed by atoms with Gasteiger partial charge in [0.25, 0.3) is 0 Å². The zero-order chi connectivity index (χ0) is 14.4. The molecule has 0 aliphatic rings. The number of benzene rings is 3. The van der Waals surface area contributed by atoms with Crippen LogP contribution in [0.25, 0.3) is 31.3 Å². The average molecular weight is 329 g/mol. The smallest absolute Gasteiger partial charge is 0.0433 e. The predicted molar refractivity (Wildman–Crippen MR) is 94.8 cm³/mol. The Labute approximate surface area is 136 Å². The van der Waals surface area contributed by atoms with Crippen LogP contribution in [0.3, 0.4) is 0 Å². The summed E-state index contributed by atoms with van der Waals surface area (Å²) in [7, 11) is 0. The Morgan fingerprint density at radius 3 is 2.24 bits per heavy atom. The summed E-state index contributed by atoms with van der Waals surface area (Å²) in [6.45, 7) is 0. The Morgan fingerprint density at radius 1 is 0.714 bits per heavy atom. The van der Waals surface area contributed by atoms with Gasteiger partial charge in [0, 0.05) is 30.2 Å². The molecular weight excluding hydrogens is 319 g/mol. The summed E-state index contributed by atoms with van der Waals surface area (Å²) < 4.78 is 2.57. The normalized spacial score (nSPS) is 11.3. The van der Waals surface area contributed by atoms with Crippen LogP contribution in [0.2, 0.25) is 10.0 Å². The molecule has 0 aliphatic carbocycles. The molecule has 0 aliphatic heterocycles. The highest BCUT2D eigenvalue weighted by molar-refractivity contribution is 7.26. The molecule has 1 heterocycles. The maximum atomic E-state index is 6.15. The second kappa shape index (κ2) is 5.03. The number of halogens is 2. The van der Waals surface area contributed by atoms with Gasteiger partial charge in [-0.3, -0.25) is 0 Å². The van der Waals surface area contributed by atoms with Crippen molar-refractivity contribution in [2.75, 3.05) is 0 Å². The Kier molecular flexibility index (Phi) is 3.15. The van der Waals surface area contributed by atoms with E-state index in [2.05, 4.69) is 42.5 Å². The average Bonchev–Trinajstić information content (AvgIpc) is 2.84. The molecule has 0 spiro atoms. The lowest BCUT2D eigenvalue weighted by atomic mass is 10.0. The van der Waals surface area contributed by atoms with Crippen LogP contribution in [-0.2, 0) is 0 Å². The molecule has 21 heavy (non-hydrogen) atoms. The molecular formula is C18H10Cl2S. The zero-order valence-electron chi connectivity index (χ0n) is 10.9. The summed E-state index contributed by atoms with van der Waals surface area (Å²) in [5.74, 6) is 0. The fraction of sp³-hybridized carbons (Fsp3) is 0. The monoisotopic (exact) mass is 328 g/mol. The van der Waals surface area contributed by atoms with Gasteiger partial charge < -0.3 is 0 Å². The van der Waals surface area contributed by atoms with Gasteiger partial charge in [-0.1, -0.05) is 59.6 Å². The molecule has 0 N–H and O–H groups in total. The van der Waals surface area contributed by atoms with Crippen molar-refractivity contribution in [1.29, 1.82) is 0 Å². The molecule has 3 aromatic carbocycles. The third kappa shape index (κ3) is 2.22. The van der Waals surface area contributed by atoms with Crippen molar-refractivity contribution in [3.8, 4) is 11.1 Å². The zero-order valence-corrected chi connectivity index (χ0v) is 13.3. The summed E-state index contributed by atoms with van der Waals surface area (Å²) in [6, 6.07) is 20.6. The predicted octanol–water partition coefficient (Wildman–Crippen LogP) is 7.03. The van der Waals surface area contributed by atoms with Gasteiger partial charge in [-0.25, -0.2) is 0 Å². The molecule has 3 heteroatoms. The van der Waals surface area contributed by atoms with Crippen molar-refractivity contribution in [2.24, 2.45) is 0 Å². The van der Waals surface area contributed by atoms with Crippen LogP contribution in [0.4, 0.5) is 0 Å². The van der Waals surface area contributed by atoms with Crippen LogP contribution in [0.1, 0.15) is 0 Å². The first-order valence-electron chi connectivity index (χ1n) is 6.59. The second-order valence-corrected chi connectivity index (χ2v) is 6.86. The first-order chi connectivity index (χ1) is 10.2. The second-order valence-electron chi connectivity index (χ2n) is 4.94. The number of hydrogen-bond acceptors (Lipinski definition) is 1. The summed E-state index contributed by atoms with van der Waals surface area (Å²) >= 11 is 14.1. The van der Waals surface area contributed by atoms with Gasteiger partial charge in [0.2, 0.25) is 0 Å². The van der Waals surface area contributed by atoms with E-state index in [1.807, 2.05) is 23.5 Å². The van der Waals surface area contributed by atoms with Crippen molar-refractivity contribution in [3.05, 3.63) is 70.7 Å². The van der Waals surface area contributed by atoms with Gasteiger partial charge in [0.15, 0.2) is 0 Å². The van der Waals surface area contributed by atoms with Crippen LogP contribution < -0.4 is 0 Å². The maximum absolute atomic E-state index is 6.15. The molecule has 0 nitrogen and oxygen atoms in total. The highest BCUT2D eigenvalue weighted by Crippen LogP contribution is 2.40. The van der Waals surface area contributed by atoms with E-state index in [9.17, 15) is 0 Å². The van der Waals surface area contributed by atoms with Crippen LogP contribution in [0.5, 0.6) is 0 Å². The highest BCUT2D eigenvalue weighted by atomic mass is 35.5. The third-order valence-electron chi connectivity index (χ3n) is 3.58. The van der Waals surface area contributed by atoms with Gasteiger partial charge in [-0.15, -0.1) is 11.3 Å². The maximum Gasteiger partial charge on any atom is 0.0433 e. The number of rotatable bonds is 1. The van der Waals surface area contributed by atoms with E-state index in [1.54, 1.807) is 6.07 Å². The van der Waals surface area contributed by atoms with Crippen LogP contribution in [-0.4, -0.2) is 0 Å². The SMILES string of the molecule is Clc1cc(Cl)cc(-c2cccc3c2sc2ccccc23)c1. The third-order valence-corrected chi connectivity index (χ3v) is 5.23. The summed E-state index contributed by atoms with van der Waals surface area (Å²) in [4.78, 5) is 0. The fourth-order valence-electron chi connectivity index (χ4n) is 2.68. The van der Waals surface area contributed by atoms with Crippen molar-refractivity contribution in [3.63, 3.8) is 0 Å². The lowest BCUT2D eigenvalue weighted by molar-refractivity contribution is 1.67. The molecule has 0 unspecified atom stereocenters. The fourth-order valence-corrected chi connectivity index (χ4v) is 4.45. The first kappa shape index (κ1) is 13.1. The molecule has 0 saturated heterocycles. The van der Waals surface area contributed by atoms with Gasteiger partial charge in [0.1, 0.15) is 0 Å². The lowest BCUT2D eigenvalue weighted by Crippen LogP contribution is -1.79. The number of fused-ring (bicyclic) bond motifs is 3. The molecule has 0 atom stereocenters. The molecule has 0 radical (unpaired) electrons. The minimum Gasteiger partial charge on any atom is -0.135 e. The molecule has 4 aromatic rings. The van der Waals surface area contributed by atoms with Gasteiger partial charge in [-0.05, 0) is 35.4 Å². The summed E-state index contributed by atoms with van der Waals surface area (Å²) in [5, 5.41) is 3.91. The number of thiophene rings is 1. The largest absolute Gasteiger partial charge is 0.135 e. The minimum atomic E-state index is 0.663. The molecule has 0 bridgehead atoms. The van der Waals surface area contributed by atoms with E-state index in [0.717, 1.165) is 5.56 Å². The molecule has 4 rings (SSSR count). The quantitative estimate of drug-likeness (QED) is 0.352. The Balaban J connectivity index is 2.09. The van der Waals surface area contributed by atoms with Crippen molar-refractivity contribution in [1.82, 2.24) is 0 Å². The van der Waals surface area contributed by atoms with E-state index in [1.165, 1.54) is 25.7 Å². The number of hydrogen-bond donors (Lipinski definition) is 0. The van der Waals surface area contributed by atoms with Crippen molar-refractivity contribution in [2.45, 2.75) is 0 Å². The molecule has 0 fully saturated rings. The molecule has 0 saturated carbocycles. The topological polar surface area (TPSA) is 0 Å². The first-order valence-corrected chi connectivity index (χ1v) is 8.16. The highest BCUT2D eigenvalue weighted by Gasteiger charge is 2.10. The Morgan fingerprint density at radius 2 is 1.43 bits per heavy atom. The molecule has 0 amide bonds. The van der Waals surface area contributed by atoms with Gasteiger partial charge in [-0.2, -0.15) is 0 Å². The van der Waals surface area contributed by atoms with E-state index in [-0.39, 0.29) is 0 Å². The summed E-state index contributed by atoms with van der Waals surface area (Å²) in [5.41, 5.74) is 2.24. The standard InChI is InChI=1S/C18H10Cl2S/c19-12-8-11(9-13(20)10-12)14-5-3-6-16-15-4-1-2-7-17(15)21-18(14)16/h1-10H. The van der Waals surface area contributed by atoms with Crippen molar-refractivity contribution >= 4 is 54.7 Å². The van der Waals surface area contributed by atoms with Gasteiger partial charge >= 0.3 is 0 Å². The van der Waals surface area contributed by atoms with E-state index < -0.39 is 0 Å². The Hall–Kier alpha value is -1.54. The minimum absolute atomic E-state index is 0.663. The van der Waals surface area contributed by atoms with Crippen LogP contribution in [0.15, 0.2) is 60.7 Å².